The first-order chi connectivity index (χ1) is 9.24. The Balaban J connectivity index is 2.68. The van der Waals surface area contributed by atoms with Crippen molar-refractivity contribution < 1.29 is 4.74 Å². The number of hydrogen-bond donors (Lipinski definition) is 1. The van der Waals surface area contributed by atoms with Crippen LogP contribution in [0.5, 0.6) is 0 Å². The van der Waals surface area contributed by atoms with E-state index in [1.54, 1.807) is 7.11 Å². The highest BCUT2D eigenvalue weighted by Crippen LogP contribution is 2.14. The Hall–Kier alpha value is -1.13. The summed E-state index contributed by atoms with van der Waals surface area (Å²) in [5, 5.41) is 3.04. The molecule has 0 amide bonds. The van der Waals surface area contributed by atoms with Crippen molar-refractivity contribution in [3.63, 3.8) is 0 Å². The van der Waals surface area contributed by atoms with Crippen LogP contribution in [0.3, 0.4) is 0 Å². The van der Waals surface area contributed by atoms with E-state index >= 15 is 0 Å². The maximum absolute atomic E-state index is 5.22. The van der Waals surface area contributed by atoms with Gasteiger partial charge in [-0.25, -0.2) is 4.98 Å². The molecule has 0 bridgehead atoms. The van der Waals surface area contributed by atoms with Gasteiger partial charge in [0.05, 0.1) is 6.61 Å². The van der Waals surface area contributed by atoms with Crippen molar-refractivity contribution in [2.45, 2.75) is 39.3 Å². The maximum atomic E-state index is 5.22. The molecule has 0 fully saturated rings. The molecule has 0 atom stereocenters. The highest BCUT2D eigenvalue weighted by molar-refractivity contribution is 5.34. The van der Waals surface area contributed by atoms with E-state index in [4.69, 9.17) is 4.74 Å². The van der Waals surface area contributed by atoms with E-state index in [0.717, 1.165) is 25.5 Å². The molecular formula is C15H27N3O. The molecule has 19 heavy (non-hydrogen) atoms. The topological polar surface area (TPSA) is 37.4 Å². The highest BCUT2D eigenvalue weighted by atomic mass is 16.5. The summed E-state index contributed by atoms with van der Waals surface area (Å²) in [6, 6.07) is 4.77. The summed E-state index contributed by atoms with van der Waals surface area (Å²) >= 11 is 0. The predicted molar refractivity (Wildman–Crippen MR) is 80.4 cm³/mol. The third-order valence-corrected chi connectivity index (χ3v) is 3.51. The van der Waals surface area contributed by atoms with Crippen molar-refractivity contribution >= 4 is 5.82 Å². The van der Waals surface area contributed by atoms with Crippen molar-refractivity contribution in [3.8, 4) is 0 Å². The molecule has 108 valence electrons. The minimum absolute atomic E-state index is 0.610. The zero-order chi connectivity index (χ0) is 14.1. The second-order valence-corrected chi connectivity index (χ2v) is 4.74. The van der Waals surface area contributed by atoms with Crippen LogP contribution < -0.4 is 5.32 Å². The van der Waals surface area contributed by atoms with E-state index in [9.17, 15) is 0 Å². The fraction of sp³-hybridized carbons (Fsp3) is 0.667. The van der Waals surface area contributed by atoms with Gasteiger partial charge in [0.25, 0.3) is 0 Å². The summed E-state index contributed by atoms with van der Waals surface area (Å²) < 4.78 is 5.22. The lowest BCUT2D eigenvalue weighted by Gasteiger charge is -2.30. The minimum atomic E-state index is 0.610. The van der Waals surface area contributed by atoms with Crippen LogP contribution >= 0.6 is 0 Å². The molecular weight excluding hydrogens is 238 g/mol. The third kappa shape index (κ3) is 5.17. The maximum Gasteiger partial charge on any atom is 0.125 e. The number of rotatable bonds is 9. The third-order valence-electron chi connectivity index (χ3n) is 3.51. The zero-order valence-electron chi connectivity index (χ0n) is 12.6. The van der Waals surface area contributed by atoms with Crippen LogP contribution in [0.15, 0.2) is 18.3 Å². The van der Waals surface area contributed by atoms with Gasteiger partial charge in [0.1, 0.15) is 5.82 Å². The summed E-state index contributed by atoms with van der Waals surface area (Å²) in [7, 11) is 3.64. The lowest BCUT2D eigenvalue weighted by atomic mass is 10.1. The predicted octanol–water partition coefficient (Wildman–Crippen LogP) is 2.76. The van der Waals surface area contributed by atoms with E-state index < -0.39 is 0 Å². The molecule has 1 aromatic rings. The van der Waals surface area contributed by atoms with E-state index in [-0.39, 0.29) is 0 Å². The summed E-state index contributed by atoms with van der Waals surface area (Å²) in [5.74, 6) is 0.912. The number of hydrogen-bond acceptors (Lipinski definition) is 4. The molecule has 4 nitrogen and oxygen atoms in total. The van der Waals surface area contributed by atoms with Gasteiger partial charge in [-0.1, -0.05) is 19.9 Å². The Kier molecular flexibility index (Phi) is 7.45. The molecule has 0 unspecified atom stereocenters. The van der Waals surface area contributed by atoms with E-state index in [1.165, 1.54) is 18.4 Å². The van der Waals surface area contributed by atoms with Crippen LogP contribution in [-0.4, -0.2) is 43.2 Å². The summed E-state index contributed by atoms with van der Waals surface area (Å²) in [6.45, 7) is 7.18. The lowest BCUT2D eigenvalue weighted by Crippen LogP contribution is -2.36. The molecule has 0 aliphatic carbocycles. The number of pyridine rings is 1. The number of methoxy groups -OCH3 is 1. The van der Waals surface area contributed by atoms with Crippen LogP contribution in [0.1, 0.15) is 32.3 Å². The number of ether oxygens (including phenoxy) is 1. The molecule has 1 rings (SSSR count). The summed E-state index contributed by atoms with van der Waals surface area (Å²) in [5.41, 5.74) is 1.25. The molecule has 0 radical (unpaired) electrons. The molecule has 1 aromatic heterocycles. The van der Waals surface area contributed by atoms with Crippen molar-refractivity contribution in [1.82, 2.24) is 9.88 Å². The van der Waals surface area contributed by atoms with Gasteiger partial charge in [-0.15, -0.1) is 0 Å². The van der Waals surface area contributed by atoms with Crippen molar-refractivity contribution in [2.75, 3.05) is 32.6 Å². The number of nitrogens with zero attached hydrogens (tertiary/aromatic N) is 2. The molecule has 4 heteroatoms. The van der Waals surface area contributed by atoms with E-state index in [0.29, 0.717) is 6.04 Å². The molecule has 0 spiro atoms. The molecule has 0 aliphatic heterocycles. The highest BCUT2D eigenvalue weighted by Gasteiger charge is 2.15. The minimum Gasteiger partial charge on any atom is -0.383 e. The van der Waals surface area contributed by atoms with Gasteiger partial charge >= 0.3 is 0 Å². The average Bonchev–Trinajstić information content (AvgIpc) is 2.46. The first-order valence-corrected chi connectivity index (χ1v) is 7.10. The summed E-state index contributed by atoms with van der Waals surface area (Å²) in [4.78, 5) is 6.86. The van der Waals surface area contributed by atoms with Gasteiger partial charge in [-0.3, -0.25) is 4.90 Å². The van der Waals surface area contributed by atoms with Crippen molar-refractivity contribution in [3.05, 3.63) is 23.9 Å². The SMILES string of the molecule is CCC(CC)N(CCOC)Cc1ccc(NC)nc1. The molecule has 0 aromatic carbocycles. The van der Waals surface area contributed by atoms with Gasteiger partial charge < -0.3 is 10.1 Å². The number of nitrogens with one attached hydrogen (secondary N) is 1. The second kappa shape index (κ2) is 8.88. The zero-order valence-corrected chi connectivity index (χ0v) is 12.6. The first-order valence-electron chi connectivity index (χ1n) is 7.10. The molecule has 0 aliphatic rings. The fourth-order valence-electron chi connectivity index (χ4n) is 2.30. The lowest BCUT2D eigenvalue weighted by molar-refractivity contribution is 0.110. The van der Waals surface area contributed by atoms with Crippen LogP contribution in [-0.2, 0) is 11.3 Å². The molecule has 1 N–H and O–H groups in total. The van der Waals surface area contributed by atoms with Gasteiger partial charge in [0.15, 0.2) is 0 Å². The van der Waals surface area contributed by atoms with Crippen molar-refractivity contribution in [2.24, 2.45) is 0 Å². The van der Waals surface area contributed by atoms with Gasteiger partial charge in [0.2, 0.25) is 0 Å². The van der Waals surface area contributed by atoms with Crippen LogP contribution in [0, 0.1) is 0 Å². The standard InChI is InChI=1S/C15H27N3O/c1-5-14(6-2)18(9-10-19-4)12-13-7-8-15(16-3)17-11-13/h7-8,11,14H,5-6,9-10,12H2,1-4H3,(H,16,17). The van der Waals surface area contributed by atoms with Gasteiger partial charge in [0, 0.05) is 39.5 Å². The Bertz CT molecular complexity index is 336. The summed E-state index contributed by atoms with van der Waals surface area (Å²) in [6.07, 6.45) is 4.29. The first kappa shape index (κ1) is 15.9. The van der Waals surface area contributed by atoms with E-state index in [2.05, 4.69) is 35.1 Å². The Morgan fingerprint density at radius 2 is 2.05 bits per heavy atom. The fourth-order valence-corrected chi connectivity index (χ4v) is 2.30. The monoisotopic (exact) mass is 265 g/mol. The average molecular weight is 265 g/mol. The molecule has 0 saturated heterocycles. The number of anilines is 1. The smallest absolute Gasteiger partial charge is 0.125 e. The van der Waals surface area contributed by atoms with Crippen molar-refractivity contribution in [1.29, 1.82) is 0 Å². The van der Waals surface area contributed by atoms with Crippen LogP contribution in [0.4, 0.5) is 5.82 Å². The van der Waals surface area contributed by atoms with E-state index in [1.807, 2.05) is 19.3 Å². The quantitative estimate of drug-likeness (QED) is 0.745. The molecule has 1 heterocycles. The molecule has 0 saturated carbocycles. The Labute approximate surface area is 117 Å². The normalized spacial score (nSPS) is 11.3. The Morgan fingerprint density at radius 3 is 2.53 bits per heavy atom. The Morgan fingerprint density at radius 1 is 1.32 bits per heavy atom. The van der Waals surface area contributed by atoms with Crippen LogP contribution in [0.2, 0.25) is 0 Å². The van der Waals surface area contributed by atoms with Gasteiger partial charge in [-0.2, -0.15) is 0 Å². The van der Waals surface area contributed by atoms with Gasteiger partial charge in [-0.05, 0) is 24.5 Å². The largest absolute Gasteiger partial charge is 0.383 e. The second-order valence-electron chi connectivity index (χ2n) is 4.74. The number of aromatic nitrogens is 1. The van der Waals surface area contributed by atoms with Crippen LogP contribution in [0.25, 0.3) is 0 Å².